The van der Waals surface area contributed by atoms with Crippen LogP contribution in [0.3, 0.4) is 0 Å². The van der Waals surface area contributed by atoms with Crippen molar-refractivity contribution in [3.8, 4) is 10.6 Å². The molecule has 2 rings (SSSR count). The molecule has 0 radical (unpaired) electrons. The summed E-state index contributed by atoms with van der Waals surface area (Å²) in [6.07, 6.45) is 1.70. The van der Waals surface area contributed by atoms with E-state index in [1.54, 1.807) is 12.3 Å². The van der Waals surface area contributed by atoms with Crippen LogP contribution < -0.4 is 4.90 Å². The first-order valence-corrected chi connectivity index (χ1v) is 5.49. The zero-order chi connectivity index (χ0) is 10.8. The average Bonchev–Trinajstić information content (AvgIpc) is 2.68. The number of anilines is 1. The van der Waals surface area contributed by atoms with Gasteiger partial charge in [-0.05, 0) is 12.1 Å². The summed E-state index contributed by atoms with van der Waals surface area (Å²) in [7, 11) is 3.87. The van der Waals surface area contributed by atoms with Crippen LogP contribution in [0.1, 0.15) is 0 Å². The van der Waals surface area contributed by atoms with E-state index in [1.807, 2.05) is 25.1 Å². The van der Waals surface area contributed by atoms with E-state index in [0.717, 1.165) is 15.7 Å². The Morgan fingerprint density at radius 2 is 2.07 bits per heavy atom. The van der Waals surface area contributed by atoms with Crippen LogP contribution in [0.25, 0.3) is 10.6 Å². The van der Waals surface area contributed by atoms with Gasteiger partial charge in [-0.3, -0.25) is 0 Å². The fourth-order valence-corrected chi connectivity index (χ4v) is 1.88. The van der Waals surface area contributed by atoms with Crippen molar-refractivity contribution in [2.24, 2.45) is 0 Å². The molecule has 0 aliphatic rings. The van der Waals surface area contributed by atoms with E-state index in [9.17, 15) is 0 Å². The summed E-state index contributed by atoms with van der Waals surface area (Å²) >= 11 is 7.22. The third kappa shape index (κ3) is 2.24. The third-order valence-electron chi connectivity index (χ3n) is 1.77. The number of nitrogens with zero attached hydrogens (tertiary/aromatic N) is 4. The normalized spacial score (nSPS) is 10.3. The quantitative estimate of drug-likeness (QED) is 0.756. The highest BCUT2D eigenvalue weighted by molar-refractivity contribution is 7.18. The van der Waals surface area contributed by atoms with Crippen molar-refractivity contribution in [3.05, 3.63) is 23.5 Å². The second-order valence-corrected chi connectivity index (χ2v) is 4.50. The van der Waals surface area contributed by atoms with E-state index in [0.29, 0.717) is 5.15 Å². The van der Waals surface area contributed by atoms with Crippen LogP contribution in [0.4, 0.5) is 5.13 Å². The van der Waals surface area contributed by atoms with Crippen molar-refractivity contribution >= 4 is 28.1 Å². The maximum atomic E-state index is 5.70. The minimum atomic E-state index is 0.482. The Hall–Kier alpha value is -1.20. The minimum Gasteiger partial charge on any atom is -0.353 e. The van der Waals surface area contributed by atoms with Gasteiger partial charge in [0.2, 0.25) is 5.13 Å². The van der Waals surface area contributed by atoms with E-state index in [1.165, 1.54) is 11.3 Å². The van der Waals surface area contributed by atoms with Crippen LogP contribution in [-0.2, 0) is 0 Å². The Morgan fingerprint density at radius 1 is 1.27 bits per heavy atom. The Morgan fingerprint density at radius 3 is 2.60 bits per heavy atom. The molecule has 0 saturated heterocycles. The Balaban J connectivity index is 2.33. The molecule has 0 aliphatic heterocycles. The van der Waals surface area contributed by atoms with Gasteiger partial charge in [-0.2, -0.15) is 0 Å². The zero-order valence-electron chi connectivity index (χ0n) is 8.31. The van der Waals surface area contributed by atoms with Crippen LogP contribution >= 0.6 is 22.9 Å². The highest BCUT2D eigenvalue weighted by atomic mass is 35.5. The van der Waals surface area contributed by atoms with E-state index in [4.69, 9.17) is 11.6 Å². The molecule has 4 nitrogen and oxygen atoms in total. The van der Waals surface area contributed by atoms with Gasteiger partial charge >= 0.3 is 0 Å². The van der Waals surface area contributed by atoms with E-state index < -0.39 is 0 Å². The summed E-state index contributed by atoms with van der Waals surface area (Å²) in [5.41, 5.74) is 0.935. The molecule has 0 fully saturated rings. The van der Waals surface area contributed by atoms with Crippen molar-refractivity contribution in [2.75, 3.05) is 19.0 Å². The molecular weight excluding hydrogens is 232 g/mol. The van der Waals surface area contributed by atoms with Crippen LogP contribution in [0.5, 0.6) is 0 Å². The number of rotatable bonds is 2. The Labute approximate surface area is 96.5 Å². The zero-order valence-corrected chi connectivity index (χ0v) is 9.88. The number of pyridine rings is 1. The summed E-state index contributed by atoms with van der Waals surface area (Å²) in [5, 5.41) is 10.3. The maximum Gasteiger partial charge on any atom is 0.208 e. The highest BCUT2D eigenvalue weighted by Gasteiger charge is 2.07. The van der Waals surface area contributed by atoms with Crippen LogP contribution in [-0.4, -0.2) is 29.3 Å². The molecule has 2 aromatic heterocycles. The molecule has 0 bridgehead atoms. The maximum absolute atomic E-state index is 5.70. The molecule has 2 heterocycles. The van der Waals surface area contributed by atoms with Crippen LogP contribution in [0, 0.1) is 0 Å². The summed E-state index contributed by atoms with van der Waals surface area (Å²) < 4.78 is 0. The summed E-state index contributed by atoms with van der Waals surface area (Å²) in [4.78, 5) is 5.92. The molecule has 15 heavy (non-hydrogen) atoms. The van der Waals surface area contributed by atoms with Crippen molar-refractivity contribution in [1.29, 1.82) is 0 Å². The number of aromatic nitrogens is 3. The van der Waals surface area contributed by atoms with Crippen molar-refractivity contribution < 1.29 is 0 Å². The first-order valence-electron chi connectivity index (χ1n) is 4.29. The van der Waals surface area contributed by atoms with Gasteiger partial charge in [-0.1, -0.05) is 22.9 Å². The van der Waals surface area contributed by atoms with Gasteiger partial charge < -0.3 is 4.90 Å². The van der Waals surface area contributed by atoms with Crippen molar-refractivity contribution in [3.63, 3.8) is 0 Å². The van der Waals surface area contributed by atoms with Gasteiger partial charge in [0.15, 0.2) is 5.01 Å². The summed E-state index contributed by atoms with van der Waals surface area (Å²) in [5.74, 6) is 0. The fraction of sp³-hybridized carbons (Fsp3) is 0.222. The number of halogens is 1. The number of hydrogen-bond donors (Lipinski definition) is 0. The third-order valence-corrected chi connectivity index (χ3v) is 3.13. The lowest BCUT2D eigenvalue weighted by Crippen LogP contribution is -2.07. The van der Waals surface area contributed by atoms with Crippen LogP contribution in [0.15, 0.2) is 18.3 Å². The molecule has 6 heteroatoms. The largest absolute Gasteiger partial charge is 0.353 e. The number of hydrogen-bond acceptors (Lipinski definition) is 5. The molecule has 0 N–H and O–H groups in total. The average molecular weight is 241 g/mol. The second-order valence-electron chi connectivity index (χ2n) is 3.15. The SMILES string of the molecule is CN(C)c1nnc(-c2ccc(Cl)nc2)s1. The molecule has 0 amide bonds. The molecule has 0 spiro atoms. The van der Waals surface area contributed by atoms with E-state index in [-0.39, 0.29) is 0 Å². The summed E-state index contributed by atoms with van der Waals surface area (Å²) in [6.45, 7) is 0. The first kappa shape index (κ1) is 10.3. The molecule has 0 saturated carbocycles. The molecule has 0 unspecified atom stereocenters. The van der Waals surface area contributed by atoms with Crippen molar-refractivity contribution in [1.82, 2.24) is 15.2 Å². The topological polar surface area (TPSA) is 41.9 Å². The Kier molecular flexibility index (Phi) is 2.83. The van der Waals surface area contributed by atoms with Gasteiger partial charge in [0.1, 0.15) is 5.15 Å². The van der Waals surface area contributed by atoms with E-state index in [2.05, 4.69) is 15.2 Å². The first-order chi connectivity index (χ1) is 7.16. The monoisotopic (exact) mass is 240 g/mol. The van der Waals surface area contributed by atoms with E-state index >= 15 is 0 Å². The Bertz CT molecular complexity index is 451. The molecule has 2 aromatic rings. The van der Waals surface area contributed by atoms with Crippen LogP contribution in [0.2, 0.25) is 5.15 Å². The van der Waals surface area contributed by atoms with Crippen molar-refractivity contribution in [2.45, 2.75) is 0 Å². The highest BCUT2D eigenvalue weighted by Crippen LogP contribution is 2.27. The fourth-order valence-electron chi connectivity index (χ4n) is 1.02. The lowest BCUT2D eigenvalue weighted by atomic mass is 10.3. The summed E-state index contributed by atoms with van der Waals surface area (Å²) in [6, 6.07) is 3.63. The van der Waals surface area contributed by atoms with Gasteiger partial charge in [0.05, 0.1) is 0 Å². The predicted molar refractivity (Wildman–Crippen MR) is 62.5 cm³/mol. The van der Waals surface area contributed by atoms with Gasteiger partial charge in [-0.15, -0.1) is 10.2 Å². The smallest absolute Gasteiger partial charge is 0.208 e. The molecular formula is C9H9ClN4S. The second kappa shape index (κ2) is 4.12. The molecule has 0 aliphatic carbocycles. The van der Waals surface area contributed by atoms with Gasteiger partial charge in [-0.25, -0.2) is 4.98 Å². The molecule has 0 atom stereocenters. The molecule has 78 valence electrons. The predicted octanol–water partition coefficient (Wildman–Crippen LogP) is 2.32. The minimum absolute atomic E-state index is 0.482. The van der Waals surface area contributed by atoms with Gasteiger partial charge in [0, 0.05) is 25.9 Å². The lowest BCUT2D eigenvalue weighted by Gasteiger charge is -2.03. The standard InChI is InChI=1S/C9H9ClN4S/c1-14(2)9-13-12-8(15-9)6-3-4-7(10)11-5-6/h3-5H,1-2H3. The lowest BCUT2D eigenvalue weighted by molar-refractivity contribution is 1.02. The molecule has 0 aromatic carbocycles. The van der Waals surface area contributed by atoms with Gasteiger partial charge in [0.25, 0.3) is 0 Å².